The molecule has 10 rings (SSSR count). The first kappa shape index (κ1) is 31.4. The van der Waals surface area contributed by atoms with E-state index in [1.165, 1.54) is 63.8 Å². The summed E-state index contributed by atoms with van der Waals surface area (Å²) in [6, 6.07) is 69.7. The van der Waals surface area contributed by atoms with E-state index in [2.05, 4.69) is 199 Å². The minimum Gasteiger partial charge on any atom is -0.310 e. The Morgan fingerprint density at radius 3 is 1.60 bits per heavy atom. The van der Waals surface area contributed by atoms with Crippen LogP contribution in [-0.2, 0) is 0 Å². The topological polar surface area (TPSA) is 16.1 Å². The maximum atomic E-state index is 5.00. The molecule has 8 aromatic carbocycles. The van der Waals surface area contributed by atoms with Gasteiger partial charge in [-0.05, 0) is 88.0 Å². The molecule has 0 spiro atoms. The van der Waals surface area contributed by atoms with Gasteiger partial charge in [0.05, 0.1) is 10.2 Å². The van der Waals surface area contributed by atoms with Crippen LogP contribution in [0.1, 0.15) is 0 Å². The Bertz CT molecular complexity index is 2860. The second-order valence-corrected chi connectivity index (χ2v) is 15.3. The molecule has 2 nitrogen and oxygen atoms in total. The molecule has 10 aromatic rings. The number of para-hydroxylation sites is 1. The zero-order valence-corrected chi connectivity index (χ0v) is 30.3. The minimum absolute atomic E-state index is 1.06. The van der Waals surface area contributed by atoms with Crippen molar-refractivity contribution in [3.05, 3.63) is 194 Å². The molecule has 0 aliphatic carbocycles. The van der Waals surface area contributed by atoms with E-state index in [4.69, 9.17) is 4.98 Å². The van der Waals surface area contributed by atoms with Crippen molar-refractivity contribution in [1.82, 2.24) is 4.98 Å². The number of anilines is 3. The van der Waals surface area contributed by atoms with E-state index in [1.807, 2.05) is 11.3 Å². The monoisotopic (exact) mass is 712 g/mol. The van der Waals surface area contributed by atoms with Crippen LogP contribution in [0.15, 0.2) is 194 Å². The van der Waals surface area contributed by atoms with Crippen LogP contribution in [0.5, 0.6) is 0 Å². The average Bonchev–Trinajstić information content (AvgIpc) is 3.84. The standard InChI is InChI=1S/C49H32N2S2/c1-4-11-33(12-5-1)34-19-21-35(22-20-34)38-15-10-18-42(31-38)51(40-16-8-3-9-17-40)41-26-23-36(24-27-41)39-25-28-43-46(32-39)52-45-30-29-44-48(47(43)45)53-49(50-44)37-13-6-2-7-14-37/h1-32H. The van der Waals surface area contributed by atoms with E-state index < -0.39 is 0 Å². The van der Waals surface area contributed by atoms with Crippen molar-refractivity contribution in [3.63, 3.8) is 0 Å². The maximum absolute atomic E-state index is 5.00. The molecular weight excluding hydrogens is 681 g/mol. The van der Waals surface area contributed by atoms with Crippen LogP contribution < -0.4 is 4.90 Å². The first-order chi connectivity index (χ1) is 26.2. The molecule has 0 bridgehead atoms. The highest BCUT2D eigenvalue weighted by molar-refractivity contribution is 7.28. The number of rotatable bonds is 7. The van der Waals surface area contributed by atoms with Crippen molar-refractivity contribution in [2.45, 2.75) is 0 Å². The molecule has 0 N–H and O–H groups in total. The highest BCUT2D eigenvalue weighted by Crippen LogP contribution is 2.44. The maximum Gasteiger partial charge on any atom is 0.124 e. The van der Waals surface area contributed by atoms with Crippen LogP contribution in [0, 0.1) is 0 Å². The number of hydrogen-bond acceptors (Lipinski definition) is 4. The summed E-state index contributed by atoms with van der Waals surface area (Å²) in [4.78, 5) is 7.34. The number of nitrogens with zero attached hydrogens (tertiary/aromatic N) is 2. The van der Waals surface area contributed by atoms with E-state index in [0.29, 0.717) is 0 Å². The number of benzene rings is 8. The summed E-state index contributed by atoms with van der Waals surface area (Å²) >= 11 is 3.65. The van der Waals surface area contributed by atoms with Gasteiger partial charge in [0.25, 0.3) is 0 Å². The Hall–Kier alpha value is -6.33. The van der Waals surface area contributed by atoms with E-state index in [-0.39, 0.29) is 0 Å². The smallest absolute Gasteiger partial charge is 0.124 e. The lowest BCUT2D eigenvalue weighted by Crippen LogP contribution is -2.09. The quantitative estimate of drug-likeness (QED) is 0.164. The molecule has 0 saturated heterocycles. The summed E-state index contributed by atoms with van der Waals surface area (Å²) < 4.78 is 3.86. The molecule has 250 valence electrons. The van der Waals surface area contributed by atoms with Crippen molar-refractivity contribution in [2.75, 3.05) is 4.90 Å². The van der Waals surface area contributed by atoms with Crippen molar-refractivity contribution in [3.8, 4) is 44.0 Å². The lowest BCUT2D eigenvalue weighted by molar-refractivity contribution is 1.28. The van der Waals surface area contributed by atoms with Crippen LogP contribution in [-0.4, -0.2) is 4.98 Å². The molecule has 0 atom stereocenters. The summed E-state index contributed by atoms with van der Waals surface area (Å²) in [5, 5.41) is 3.68. The third kappa shape index (κ3) is 5.88. The number of thiazole rings is 1. The van der Waals surface area contributed by atoms with E-state index >= 15 is 0 Å². The van der Waals surface area contributed by atoms with Gasteiger partial charge in [0.2, 0.25) is 0 Å². The highest BCUT2D eigenvalue weighted by atomic mass is 32.1. The Morgan fingerprint density at radius 1 is 0.358 bits per heavy atom. The van der Waals surface area contributed by atoms with Gasteiger partial charge in [0.15, 0.2) is 0 Å². The van der Waals surface area contributed by atoms with Crippen LogP contribution in [0.4, 0.5) is 17.1 Å². The lowest BCUT2D eigenvalue weighted by Gasteiger charge is -2.26. The molecule has 0 aliphatic heterocycles. The first-order valence-electron chi connectivity index (χ1n) is 17.8. The van der Waals surface area contributed by atoms with Crippen molar-refractivity contribution in [1.29, 1.82) is 0 Å². The predicted molar refractivity (Wildman–Crippen MR) is 229 cm³/mol. The van der Waals surface area contributed by atoms with Crippen LogP contribution >= 0.6 is 22.7 Å². The Labute approximate surface area is 316 Å². The van der Waals surface area contributed by atoms with E-state index in [1.54, 1.807) is 11.3 Å². The third-order valence-electron chi connectivity index (χ3n) is 9.91. The predicted octanol–water partition coefficient (Wildman–Crippen LogP) is 14.8. The normalized spacial score (nSPS) is 11.4. The van der Waals surface area contributed by atoms with Gasteiger partial charge in [-0.2, -0.15) is 0 Å². The Balaban J connectivity index is 0.982. The molecule has 0 unspecified atom stereocenters. The Kier molecular flexibility index (Phi) is 7.90. The van der Waals surface area contributed by atoms with Gasteiger partial charge in [0, 0.05) is 42.8 Å². The summed E-state index contributed by atoms with van der Waals surface area (Å²) in [5.41, 5.74) is 12.8. The number of aromatic nitrogens is 1. The molecule has 0 aliphatic rings. The molecule has 53 heavy (non-hydrogen) atoms. The summed E-state index contributed by atoms with van der Waals surface area (Å²) in [6.07, 6.45) is 0. The molecule has 4 heteroatoms. The molecule has 0 amide bonds. The number of fused-ring (bicyclic) bond motifs is 5. The fraction of sp³-hybridized carbons (Fsp3) is 0. The van der Waals surface area contributed by atoms with Gasteiger partial charge >= 0.3 is 0 Å². The van der Waals surface area contributed by atoms with Crippen molar-refractivity contribution >= 4 is 70.1 Å². The Morgan fingerprint density at radius 2 is 0.887 bits per heavy atom. The van der Waals surface area contributed by atoms with Crippen LogP contribution in [0.3, 0.4) is 0 Å². The third-order valence-corrected chi connectivity index (χ3v) is 12.2. The number of hydrogen-bond donors (Lipinski definition) is 0. The number of thiophene rings is 1. The second-order valence-electron chi connectivity index (χ2n) is 13.2. The SMILES string of the molecule is c1ccc(-c2ccc(-c3cccc(N(c4ccccc4)c4ccc(-c5ccc6c(c5)sc5ccc7nc(-c8ccccc8)sc7c56)cc4)c3)cc2)cc1. The van der Waals surface area contributed by atoms with Gasteiger partial charge in [0.1, 0.15) is 5.01 Å². The summed E-state index contributed by atoms with van der Waals surface area (Å²) in [7, 11) is 0. The highest BCUT2D eigenvalue weighted by Gasteiger charge is 2.16. The fourth-order valence-corrected chi connectivity index (χ4v) is 9.62. The van der Waals surface area contributed by atoms with Crippen LogP contribution in [0.25, 0.3) is 74.3 Å². The lowest BCUT2D eigenvalue weighted by atomic mass is 9.99. The van der Waals surface area contributed by atoms with Crippen molar-refractivity contribution < 1.29 is 0 Å². The molecule has 2 heterocycles. The summed E-state index contributed by atoms with van der Waals surface area (Å²) in [5.74, 6) is 0. The van der Waals surface area contributed by atoms with Crippen LogP contribution in [0.2, 0.25) is 0 Å². The van der Waals surface area contributed by atoms with Gasteiger partial charge < -0.3 is 4.90 Å². The van der Waals surface area contributed by atoms with E-state index in [9.17, 15) is 0 Å². The molecule has 2 aromatic heterocycles. The molecular formula is C49H32N2S2. The molecule has 0 radical (unpaired) electrons. The minimum atomic E-state index is 1.06. The van der Waals surface area contributed by atoms with Gasteiger partial charge in [-0.3, -0.25) is 0 Å². The molecule has 0 saturated carbocycles. The van der Waals surface area contributed by atoms with Crippen molar-refractivity contribution in [2.24, 2.45) is 0 Å². The zero-order valence-electron chi connectivity index (χ0n) is 28.7. The fourth-order valence-electron chi connectivity index (χ4n) is 7.27. The zero-order chi connectivity index (χ0) is 35.1. The van der Waals surface area contributed by atoms with Gasteiger partial charge in [-0.1, -0.05) is 140 Å². The summed E-state index contributed by atoms with van der Waals surface area (Å²) in [6.45, 7) is 0. The average molecular weight is 713 g/mol. The first-order valence-corrected chi connectivity index (χ1v) is 19.4. The van der Waals surface area contributed by atoms with Gasteiger partial charge in [-0.25, -0.2) is 4.98 Å². The van der Waals surface area contributed by atoms with Gasteiger partial charge in [-0.15, -0.1) is 22.7 Å². The van der Waals surface area contributed by atoms with E-state index in [0.717, 1.165) is 27.6 Å². The largest absolute Gasteiger partial charge is 0.310 e. The second kappa shape index (κ2) is 13.3. The molecule has 0 fully saturated rings.